The summed E-state index contributed by atoms with van der Waals surface area (Å²) in [4.78, 5) is 11.3. The van der Waals surface area contributed by atoms with Crippen molar-refractivity contribution in [3.05, 3.63) is 28.2 Å². The second-order valence-corrected chi connectivity index (χ2v) is 6.10. The number of ether oxygens (including phenoxy) is 1. The maximum absolute atomic E-state index is 11.3. The highest BCUT2D eigenvalue weighted by molar-refractivity contribution is 9.10. The third-order valence-corrected chi connectivity index (χ3v) is 4.29. The van der Waals surface area contributed by atoms with Crippen molar-refractivity contribution in [3.8, 4) is 0 Å². The normalized spacial score (nSPS) is 18.0. The number of nitrogens with one attached hydrogen (secondary N) is 1. The summed E-state index contributed by atoms with van der Waals surface area (Å²) in [7, 11) is 0. The number of hydrogen-bond donors (Lipinski definition) is 2. The molecule has 5 heteroatoms. The molecule has 1 aromatic rings. The van der Waals surface area contributed by atoms with Crippen molar-refractivity contribution in [2.45, 2.75) is 19.8 Å². The van der Waals surface area contributed by atoms with E-state index in [1.165, 1.54) is 0 Å². The van der Waals surface area contributed by atoms with Gasteiger partial charge in [0, 0.05) is 29.9 Å². The number of aromatic carboxylic acids is 1. The quantitative estimate of drug-likeness (QED) is 0.890. The Balaban J connectivity index is 2.11. The van der Waals surface area contributed by atoms with Crippen molar-refractivity contribution in [3.63, 3.8) is 0 Å². The van der Waals surface area contributed by atoms with E-state index in [1.807, 2.05) is 6.07 Å². The summed E-state index contributed by atoms with van der Waals surface area (Å²) in [5.41, 5.74) is 1.11. The molecule has 0 spiro atoms. The lowest BCUT2D eigenvalue weighted by Crippen LogP contribution is -2.33. The third-order valence-electron chi connectivity index (χ3n) is 3.63. The zero-order chi connectivity index (χ0) is 13.9. The highest BCUT2D eigenvalue weighted by Crippen LogP contribution is 2.31. The molecular weight excluding hydrogens is 310 g/mol. The van der Waals surface area contributed by atoms with Gasteiger partial charge in [0.2, 0.25) is 0 Å². The number of halogens is 1. The highest BCUT2D eigenvalue weighted by Gasteiger charge is 2.27. The number of carbonyl (C=O) groups is 1. The Morgan fingerprint density at radius 1 is 1.47 bits per heavy atom. The average Bonchev–Trinajstić information content (AvgIpc) is 2.37. The molecule has 0 aliphatic carbocycles. The molecule has 1 saturated heterocycles. The molecular formula is C14H18BrNO3. The molecule has 4 nitrogen and oxygen atoms in total. The van der Waals surface area contributed by atoms with Gasteiger partial charge in [-0.1, -0.05) is 13.0 Å². The number of carboxylic acids is 1. The molecule has 0 amide bonds. The minimum absolute atomic E-state index is 0.163. The molecule has 104 valence electrons. The number of benzene rings is 1. The second-order valence-electron chi connectivity index (χ2n) is 5.24. The van der Waals surface area contributed by atoms with Crippen LogP contribution < -0.4 is 5.32 Å². The first kappa shape index (κ1) is 14.3. The Morgan fingerprint density at radius 2 is 2.16 bits per heavy atom. The van der Waals surface area contributed by atoms with E-state index in [4.69, 9.17) is 4.74 Å². The van der Waals surface area contributed by atoms with Crippen molar-refractivity contribution >= 4 is 27.6 Å². The fourth-order valence-electron chi connectivity index (χ4n) is 2.24. The van der Waals surface area contributed by atoms with Crippen molar-refractivity contribution in [1.29, 1.82) is 0 Å². The van der Waals surface area contributed by atoms with Gasteiger partial charge < -0.3 is 15.2 Å². The molecule has 19 heavy (non-hydrogen) atoms. The first-order valence-electron chi connectivity index (χ1n) is 6.35. The molecule has 1 aliphatic rings. The largest absolute Gasteiger partial charge is 0.478 e. The van der Waals surface area contributed by atoms with Crippen LogP contribution >= 0.6 is 15.9 Å². The van der Waals surface area contributed by atoms with Crippen LogP contribution in [0.1, 0.15) is 30.1 Å². The minimum atomic E-state index is -0.924. The van der Waals surface area contributed by atoms with Gasteiger partial charge in [0.25, 0.3) is 0 Å². The summed E-state index contributed by atoms with van der Waals surface area (Å²) in [6.07, 6.45) is 1.99. The predicted octanol–water partition coefficient (Wildman–Crippen LogP) is 3.38. The Kier molecular flexibility index (Phi) is 4.47. The van der Waals surface area contributed by atoms with Crippen LogP contribution in [0.25, 0.3) is 0 Å². The second kappa shape index (κ2) is 5.92. The lowest BCUT2D eigenvalue weighted by Gasteiger charge is -2.34. The molecule has 1 heterocycles. The topological polar surface area (TPSA) is 58.6 Å². The first-order chi connectivity index (χ1) is 9.02. The van der Waals surface area contributed by atoms with E-state index < -0.39 is 5.97 Å². The van der Waals surface area contributed by atoms with Gasteiger partial charge in [-0.3, -0.25) is 0 Å². The fraction of sp³-hybridized carbons (Fsp3) is 0.500. The molecule has 1 aliphatic heterocycles. The van der Waals surface area contributed by atoms with Crippen molar-refractivity contribution in [2.75, 3.05) is 25.1 Å². The van der Waals surface area contributed by atoms with E-state index in [0.29, 0.717) is 10.2 Å². The molecule has 0 radical (unpaired) electrons. The fourth-order valence-corrected chi connectivity index (χ4v) is 2.77. The smallest absolute Gasteiger partial charge is 0.338 e. The van der Waals surface area contributed by atoms with E-state index in [2.05, 4.69) is 28.2 Å². The summed E-state index contributed by atoms with van der Waals surface area (Å²) >= 11 is 3.29. The first-order valence-corrected chi connectivity index (χ1v) is 7.15. The summed E-state index contributed by atoms with van der Waals surface area (Å²) in [5.74, 6) is -0.924. The van der Waals surface area contributed by atoms with Crippen LogP contribution in [0.4, 0.5) is 5.69 Å². The van der Waals surface area contributed by atoms with E-state index in [-0.39, 0.29) is 11.0 Å². The molecule has 0 unspecified atom stereocenters. The molecule has 1 fully saturated rings. The Bertz CT molecular complexity index is 470. The van der Waals surface area contributed by atoms with Gasteiger partial charge in [-0.05, 0) is 46.3 Å². The van der Waals surface area contributed by atoms with Crippen molar-refractivity contribution in [2.24, 2.45) is 5.41 Å². The molecule has 1 aromatic carbocycles. The van der Waals surface area contributed by atoms with Crippen LogP contribution in [0.15, 0.2) is 22.7 Å². The monoisotopic (exact) mass is 327 g/mol. The van der Waals surface area contributed by atoms with Gasteiger partial charge in [0.05, 0.1) is 5.56 Å². The minimum Gasteiger partial charge on any atom is -0.478 e. The van der Waals surface area contributed by atoms with E-state index in [0.717, 1.165) is 32.6 Å². The Labute approximate surface area is 121 Å². The maximum atomic E-state index is 11.3. The molecule has 2 rings (SSSR count). The van der Waals surface area contributed by atoms with Gasteiger partial charge in [0.1, 0.15) is 0 Å². The van der Waals surface area contributed by atoms with Gasteiger partial charge in [-0.15, -0.1) is 0 Å². The average molecular weight is 328 g/mol. The summed E-state index contributed by atoms with van der Waals surface area (Å²) in [6.45, 7) is 4.53. The van der Waals surface area contributed by atoms with Crippen molar-refractivity contribution in [1.82, 2.24) is 0 Å². The van der Waals surface area contributed by atoms with Gasteiger partial charge >= 0.3 is 5.97 Å². The van der Waals surface area contributed by atoms with Crippen LogP contribution in [0.2, 0.25) is 0 Å². The summed E-state index contributed by atoms with van der Waals surface area (Å²) in [6, 6.07) is 5.38. The lowest BCUT2D eigenvalue weighted by atomic mass is 9.82. The molecule has 0 aromatic heterocycles. The SMILES string of the molecule is CC1(CNc2cccc(Br)c2C(=O)O)CCOCC1. The maximum Gasteiger partial charge on any atom is 0.338 e. The molecule has 0 atom stereocenters. The Hall–Kier alpha value is -1.07. The van der Waals surface area contributed by atoms with Crippen LogP contribution in [0.5, 0.6) is 0 Å². The van der Waals surface area contributed by atoms with Crippen molar-refractivity contribution < 1.29 is 14.6 Å². The zero-order valence-electron chi connectivity index (χ0n) is 10.9. The standard InChI is InChI=1S/C14H18BrNO3/c1-14(5-7-19-8-6-14)9-16-11-4-2-3-10(15)12(11)13(17)18/h2-4,16H,5-9H2,1H3,(H,17,18). The number of hydrogen-bond acceptors (Lipinski definition) is 3. The third kappa shape index (κ3) is 3.48. The molecule has 0 bridgehead atoms. The van der Waals surface area contributed by atoms with E-state index in [9.17, 15) is 9.90 Å². The van der Waals surface area contributed by atoms with Crippen LogP contribution in [-0.2, 0) is 4.74 Å². The van der Waals surface area contributed by atoms with Crippen LogP contribution in [-0.4, -0.2) is 30.8 Å². The van der Waals surface area contributed by atoms with Crippen LogP contribution in [0, 0.1) is 5.41 Å². The van der Waals surface area contributed by atoms with Gasteiger partial charge in [-0.25, -0.2) is 4.79 Å². The zero-order valence-corrected chi connectivity index (χ0v) is 12.5. The molecule has 0 saturated carbocycles. The molecule has 2 N–H and O–H groups in total. The number of carboxylic acid groups (broad SMARTS) is 1. The Morgan fingerprint density at radius 3 is 2.79 bits per heavy atom. The number of rotatable bonds is 4. The lowest BCUT2D eigenvalue weighted by molar-refractivity contribution is 0.0299. The van der Waals surface area contributed by atoms with E-state index >= 15 is 0 Å². The summed E-state index contributed by atoms with van der Waals surface area (Å²) in [5, 5.41) is 12.5. The van der Waals surface area contributed by atoms with Gasteiger partial charge in [0.15, 0.2) is 0 Å². The van der Waals surface area contributed by atoms with Crippen LogP contribution in [0.3, 0.4) is 0 Å². The highest BCUT2D eigenvalue weighted by atomic mass is 79.9. The number of anilines is 1. The predicted molar refractivity (Wildman–Crippen MR) is 77.8 cm³/mol. The van der Waals surface area contributed by atoms with Gasteiger partial charge in [-0.2, -0.15) is 0 Å². The summed E-state index contributed by atoms with van der Waals surface area (Å²) < 4.78 is 5.97. The van der Waals surface area contributed by atoms with E-state index in [1.54, 1.807) is 12.1 Å².